The Kier molecular flexibility index (Phi) is 12.9. The van der Waals surface area contributed by atoms with Crippen molar-refractivity contribution in [1.82, 2.24) is 0 Å². The highest BCUT2D eigenvalue weighted by atomic mass is 31.2. The normalized spacial score (nSPS) is 14.0. The molecule has 0 saturated heterocycles. The lowest BCUT2D eigenvalue weighted by Gasteiger charge is -2.37. The summed E-state index contributed by atoms with van der Waals surface area (Å²) >= 11 is 0. The van der Waals surface area contributed by atoms with Crippen LogP contribution < -0.4 is 4.74 Å². The molecule has 0 heterocycles. The van der Waals surface area contributed by atoms with Crippen LogP contribution in [0.2, 0.25) is 0 Å². The standard InChI is InChI=1S/C32H52O7P2/c1-8-31(9-2,40(33,34)35)27-17-20-30(32(10-3,11-4)41(36,37)38)29(23-27)26-15-18-28(19-16-26)39-22-21-25(7)14-12-13-24(5)6/h15-20,23-25H,8-14,21-22H2,1-7H3,(H2,33,34,35)(H2,36,37,38). The Morgan fingerprint density at radius 3 is 1.73 bits per heavy atom. The van der Waals surface area contributed by atoms with Gasteiger partial charge < -0.3 is 24.3 Å². The smallest absolute Gasteiger partial charge is 0.335 e. The van der Waals surface area contributed by atoms with Crippen LogP contribution in [0.1, 0.15) is 111 Å². The Morgan fingerprint density at radius 1 is 0.732 bits per heavy atom. The number of rotatable bonds is 17. The van der Waals surface area contributed by atoms with Gasteiger partial charge in [0.05, 0.1) is 16.9 Å². The lowest BCUT2D eigenvalue weighted by Crippen LogP contribution is -2.28. The maximum atomic E-state index is 12.9. The highest BCUT2D eigenvalue weighted by Gasteiger charge is 2.49. The van der Waals surface area contributed by atoms with Crippen molar-refractivity contribution in [2.75, 3.05) is 6.61 Å². The molecule has 4 N–H and O–H groups in total. The number of hydrogen-bond acceptors (Lipinski definition) is 3. The Balaban J connectivity index is 2.51. The molecule has 0 fully saturated rings. The van der Waals surface area contributed by atoms with E-state index >= 15 is 0 Å². The predicted octanol–water partition coefficient (Wildman–Crippen LogP) is 8.97. The molecular formula is C32H52O7P2. The summed E-state index contributed by atoms with van der Waals surface area (Å²) in [6, 6.07) is 12.4. The fraction of sp³-hybridized carbons (Fsp3) is 0.625. The minimum atomic E-state index is -4.60. The monoisotopic (exact) mass is 610 g/mol. The van der Waals surface area contributed by atoms with Crippen LogP contribution in [0, 0.1) is 11.8 Å². The van der Waals surface area contributed by atoms with Crippen molar-refractivity contribution < 1.29 is 33.4 Å². The van der Waals surface area contributed by atoms with Gasteiger partial charge in [-0.2, -0.15) is 0 Å². The van der Waals surface area contributed by atoms with Crippen molar-refractivity contribution in [3.05, 3.63) is 53.6 Å². The first-order valence-electron chi connectivity index (χ1n) is 15.1. The van der Waals surface area contributed by atoms with Gasteiger partial charge in [-0.3, -0.25) is 9.13 Å². The maximum absolute atomic E-state index is 12.9. The molecule has 0 aromatic heterocycles. The third-order valence-electron chi connectivity index (χ3n) is 9.04. The fourth-order valence-electron chi connectivity index (χ4n) is 6.04. The molecule has 2 rings (SSSR count). The second-order valence-corrected chi connectivity index (χ2v) is 15.8. The van der Waals surface area contributed by atoms with Gasteiger partial charge in [0.15, 0.2) is 0 Å². The topological polar surface area (TPSA) is 124 Å². The summed E-state index contributed by atoms with van der Waals surface area (Å²) in [5, 5.41) is -2.82. The maximum Gasteiger partial charge on any atom is 0.335 e. The molecule has 0 amide bonds. The first-order valence-corrected chi connectivity index (χ1v) is 18.3. The van der Waals surface area contributed by atoms with E-state index in [1.165, 1.54) is 19.3 Å². The average Bonchev–Trinajstić information content (AvgIpc) is 2.90. The Hall–Kier alpha value is -1.46. The van der Waals surface area contributed by atoms with Crippen LogP contribution >= 0.6 is 15.2 Å². The molecule has 1 atom stereocenters. The van der Waals surface area contributed by atoms with E-state index in [9.17, 15) is 28.7 Å². The summed E-state index contributed by atoms with van der Waals surface area (Å²) in [6.07, 6.45) is 5.47. The highest BCUT2D eigenvalue weighted by molar-refractivity contribution is 7.53. The van der Waals surface area contributed by atoms with Crippen molar-refractivity contribution in [2.24, 2.45) is 11.8 Å². The van der Waals surface area contributed by atoms with E-state index in [0.29, 0.717) is 40.5 Å². The molecule has 41 heavy (non-hydrogen) atoms. The van der Waals surface area contributed by atoms with Gasteiger partial charge in [-0.05, 0) is 84.4 Å². The summed E-state index contributed by atoms with van der Waals surface area (Å²) in [5.74, 6) is 2.00. The van der Waals surface area contributed by atoms with Crippen molar-refractivity contribution in [3.8, 4) is 16.9 Å². The zero-order chi connectivity index (χ0) is 31.1. The van der Waals surface area contributed by atoms with Crippen molar-refractivity contribution in [2.45, 2.75) is 110 Å². The molecule has 2 aromatic carbocycles. The molecule has 0 radical (unpaired) electrons. The van der Waals surface area contributed by atoms with Gasteiger partial charge in [0, 0.05) is 0 Å². The average molecular weight is 611 g/mol. The Morgan fingerprint density at radius 2 is 1.27 bits per heavy atom. The lowest BCUT2D eigenvalue weighted by atomic mass is 9.82. The molecule has 1 unspecified atom stereocenters. The summed E-state index contributed by atoms with van der Waals surface area (Å²) < 4.78 is 31.7. The quantitative estimate of drug-likeness (QED) is 0.132. The summed E-state index contributed by atoms with van der Waals surface area (Å²) in [4.78, 5) is 41.9. The third kappa shape index (κ3) is 8.13. The van der Waals surface area contributed by atoms with E-state index in [1.807, 2.05) is 24.3 Å². The molecule has 0 saturated carbocycles. The van der Waals surface area contributed by atoms with Crippen LogP contribution in [0.4, 0.5) is 0 Å². The van der Waals surface area contributed by atoms with E-state index in [1.54, 1.807) is 45.9 Å². The van der Waals surface area contributed by atoms with E-state index in [4.69, 9.17) is 4.74 Å². The van der Waals surface area contributed by atoms with E-state index < -0.39 is 25.5 Å². The molecule has 2 aromatic rings. The third-order valence-corrected chi connectivity index (χ3v) is 13.0. The summed E-state index contributed by atoms with van der Waals surface area (Å²) in [6.45, 7) is 14.4. The lowest BCUT2D eigenvalue weighted by molar-refractivity contribution is 0.276. The van der Waals surface area contributed by atoms with E-state index in [0.717, 1.165) is 12.3 Å². The van der Waals surface area contributed by atoms with Crippen LogP contribution in [0.3, 0.4) is 0 Å². The molecule has 0 aliphatic rings. The molecule has 232 valence electrons. The van der Waals surface area contributed by atoms with Crippen molar-refractivity contribution >= 4 is 15.2 Å². The van der Waals surface area contributed by atoms with Crippen LogP contribution in [0.5, 0.6) is 5.75 Å². The van der Waals surface area contributed by atoms with Gasteiger partial charge in [-0.1, -0.05) is 92.0 Å². The number of ether oxygens (including phenoxy) is 1. The highest BCUT2D eigenvalue weighted by Crippen LogP contribution is 2.64. The summed E-state index contributed by atoms with van der Waals surface area (Å²) in [7, 11) is -9.16. The molecule has 0 spiro atoms. The summed E-state index contributed by atoms with van der Waals surface area (Å²) in [5.41, 5.74) is 2.23. The van der Waals surface area contributed by atoms with Gasteiger partial charge in [-0.25, -0.2) is 0 Å². The first-order chi connectivity index (χ1) is 19.1. The minimum absolute atomic E-state index is 0.210. The van der Waals surface area contributed by atoms with Gasteiger partial charge in [-0.15, -0.1) is 0 Å². The van der Waals surface area contributed by atoms with Crippen LogP contribution in [-0.2, 0) is 19.4 Å². The van der Waals surface area contributed by atoms with Crippen LogP contribution in [0.25, 0.3) is 11.1 Å². The van der Waals surface area contributed by atoms with Gasteiger partial charge in [0.1, 0.15) is 5.75 Å². The molecule has 7 nitrogen and oxygen atoms in total. The zero-order valence-electron chi connectivity index (χ0n) is 26.0. The Labute approximate surface area is 247 Å². The first kappa shape index (κ1) is 35.7. The van der Waals surface area contributed by atoms with Gasteiger partial charge in [0.25, 0.3) is 0 Å². The second kappa shape index (κ2) is 14.8. The van der Waals surface area contributed by atoms with E-state index in [-0.39, 0.29) is 25.7 Å². The molecule has 0 aliphatic heterocycles. The van der Waals surface area contributed by atoms with Crippen molar-refractivity contribution in [3.63, 3.8) is 0 Å². The van der Waals surface area contributed by atoms with Gasteiger partial charge in [0.2, 0.25) is 0 Å². The predicted molar refractivity (Wildman–Crippen MR) is 168 cm³/mol. The molecule has 0 aliphatic carbocycles. The molecule has 9 heteroatoms. The largest absolute Gasteiger partial charge is 0.494 e. The fourth-order valence-corrected chi connectivity index (χ4v) is 8.68. The van der Waals surface area contributed by atoms with Crippen molar-refractivity contribution in [1.29, 1.82) is 0 Å². The molecule has 0 bridgehead atoms. The SMILES string of the molecule is CCC(CC)(c1ccc(C(CC)(CC)P(=O)(O)O)c(-c2ccc(OCCC(C)CCCC(C)C)cc2)c1)P(=O)(O)O. The van der Waals surface area contributed by atoms with Crippen LogP contribution in [-0.4, -0.2) is 26.2 Å². The second-order valence-electron chi connectivity index (χ2n) is 11.9. The van der Waals surface area contributed by atoms with Crippen LogP contribution in [0.15, 0.2) is 42.5 Å². The number of benzene rings is 2. The number of hydrogen-bond donors (Lipinski definition) is 4. The zero-order valence-corrected chi connectivity index (χ0v) is 27.8. The molecular weight excluding hydrogens is 558 g/mol. The minimum Gasteiger partial charge on any atom is -0.494 e. The van der Waals surface area contributed by atoms with E-state index in [2.05, 4.69) is 20.8 Å². The van der Waals surface area contributed by atoms with Gasteiger partial charge >= 0.3 is 15.2 Å². The Bertz CT molecular complexity index is 1190.